The molecule has 0 bridgehead atoms. The number of esters is 1. The minimum atomic E-state index is -0.474. The third-order valence-electron chi connectivity index (χ3n) is 3.58. The number of rotatable bonds is 7. The van der Waals surface area contributed by atoms with E-state index in [1.165, 1.54) is 13.8 Å². The molecule has 0 aliphatic carbocycles. The first-order chi connectivity index (χ1) is 11.9. The molecule has 25 heavy (non-hydrogen) atoms. The fourth-order valence-electron chi connectivity index (χ4n) is 2.13. The Labute approximate surface area is 146 Å². The second-order valence-corrected chi connectivity index (χ2v) is 5.74. The maximum absolute atomic E-state index is 12.1. The van der Waals surface area contributed by atoms with E-state index in [1.807, 2.05) is 0 Å². The van der Waals surface area contributed by atoms with Crippen molar-refractivity contribution >= 4 is 17.5 Å². The molecule has 2 rings (SSSR count). The molecule has 0 aliphatic rings. The molecule has 1 unspecified atom stereocenters. The highest BCUT2D eigenvalue weighted by molar-refractivity contribution is 5.96. The molecule has 0 N–H and O–H groups in total. The van der Waals surface area contributed by atoms with Gasteiger partial charge in [-0.2, -0.15) is 0 Å². The Morgan fingerprint density at radius 1 is 0.800 bits per heavy atom. The summed E-state index contributed by atoms with van der Waals surface area (Å²) in [6, 6.07) is 13.1. The zero-order valence-electron chi connectivity index (χ0n) is 14.4. The second kappa shape index (κ2) is 8.24. The van der Waals surface area contributed by atoms with Crippen LogP contribution in [0.3, 0.4) is 0 Å². The molecule has 0 heterocycles. The number of hydrogen-bond donors (Lipinski definition) is 0. The monoisotopic (exact) mass is 340 g/mol. The van der Waals surface area contributed by atoms with Crippen LogP contribution in [0.1, 0.15) is 51.8 Å². The summed E-state index contributed by atoms with van der Waals surface area (Å²) in [4.78, 5) is 34.5. The van der Waals surface area contributed by atoms with Crippen LogP contribution < -0.4 is 4.74 Å². The Hall–Kier alpha value is -2.95. The number of benzene rings is 2. The van der Waals surface area contributed by atoms with Crippen LogP contribution in [0.4, 0.5) is 0 Å². The fourth-order valence-corrected chi connectivity index (χ4v) is 2.13. The van der Waals surface area contributed by atoms with Crippen molar-refractivity contribution < 1.29 is 23.9 Å². The molecule has 1 atom stereocenters. The van der Waals surface area contributed by atoms with Gasteiger partial charge in [0.25, 0.3) is 0 Å². The van der Waals surface area contributed by atoms with Gasteiger partial charge in [0, 0.05) is 11.1 Å². The summed E-state index contributed by atoms with van der Waals surface area (Å²) < 4.78 is 10.9. The van der Waals surface area contributed by atoms with Crippen LogP contribution in [0, 0.1) is 0 Å². The van der Waals surface area contributed by atoms with Gasteiger partial charge in [-0.05, 0) is 57.2 Å². The quantitative estimate of drug-likeness (QED) is 0.567. The van der Waals surface area contributed by atoms with Gasteiger partial charge in [0.05, 0.1) is 5.56 Å². The second-order valence-electron chi connectivity index (χ2n) is 5.74. The lowest BCUT2D eigenvalue weighted by Gasteiger charge is -2.14. The van der Waals surface area contributed by atoms with Gasteiger partial charge in [-0.15, -0.1) is 0 Å². The van der Waals surface area contributed by atoms with Gasteiger partial charge in [-0.25, -0.2) is 4.79 Å². The topological polar surface area (TPSA) is 69.7 Å². The molecule has 130 valence electrons. The van der Waals surface area contributed by atoms with E-state index in [4.69, 9.17) is 9.47 Å². The zero-order valence-corrected chi connectivity index (χ0v) is 14.4. The molecule has 2 aromatic rings. The lowest BCUT2D eigenvalue weighted by Crippen LogP contribution is -2.22. The van der Waals surface area contributed by atoms with E-state index in [2.05, 4.69) is 0 Å². The molecule has 0 saturated heterocycles. The molecule has 0 saturated carbocycles. The third kappa shape index (κ3) is 5.28. The fraction of sp³-hybridized carbons (Fsp3) is 0.250. The van der Waals surface area contributed by atoms with Crippen LogP contribution in [-0.2, 0) is 4.74 Å². The number of ether oxygens (including phenoxy) is 2. The average Bonchev–Trinajstić information content (AvgIpc) is 2.60. The van der Waals surface area contributed by atoms with E-state index in [0.717, 1.165) is 0 Å². The van der Waals surface area contributed by atoms with Gasteiger partial charge in [0.15, 0.2) is 11.6 Å². The smallest absolute Gasteiger partial charge is 0.338 e. The highest BCUT2D eigenvalue weighted by Gasteiger charge is 2.13. The predicted molar refractivity (Wildman–Crippen MR) is 93.3 cm³/mol. The van der Waals surface area contributed by atoms with E-state index in [-0.39, 0.29) is 18.2 Å². The van der Waals surface area contributed by atoms with Gasteiger partial charge in [-0.1, -0.05) is 12.1 Å². The van der Waals surface area contributed by atoms with Crippen LogP contribution in [0.25, 0.3) is 0 Å². The van der Waals surface area contributed by atoms with Gasteiger partial charge >= 0.3 is 5.97 Å². The number of ketones is 2. The molecule has 5 heteroatoms. The van der Waals surface area contributed by atoms with Crippen molar-refractivity contribution in [2.75, 3.05) is 6.61 Å². The standard InChI is InChI=1S/C20H20O5/c1-13(12-24-19-10-8-17(9-11-19)15(3)22)25-20(23)18-6-4-16(5-7-18)14(2)21/h4-11,13H,12H2,1-3H3. The summed E-state index contributed by atoms with van der Waals surface area (Å²) in [6.45, 7) is 4.89. The Balaban J connectivity index is 1.86. The van der Waals surface area contributed by atoms with E-state index in [0.29, 0.717) is 22.4 Å². The van der Waals surface area contributed by atoms with Crippen LogP contribution in [-0.4, -0.2) is 30.2 Å². The molecule has 0 spiro atoms. The van der Waals surface area contributed by atoms with Crippen molar-refractivity contribution in [3.63, 3.8) is 0 Å². The van der Waals surface area contributed by atoms with Gasteiger partial charge in [-0.3, -0.25) is 9.59 Å². The van der Waals surface area contributed by atoms with Crippen molar-refractivity contribution in [3.8, 4) is 5.75 Å². The largest absolute Gasteiger partial charge is 0.490 e. The first kappa shape index (κ1) is 18.4. The van der Waals surface area contributed by atoms with Gasteiger partial charge in [0.2, 0.25) is 0 Å². The highest BCUT2D eigenvalue weighted by atomic mass is 16.6. The van der Waals surface area contributed by atoms with E-state index in [1.54, 1.807) is 55.5 Å². The Morgan fingerprint density at radius 3 is 1.72 bits per heavy atom. The maximum Gasteiger partial charge on any atom is 0.338 e. The molecule has 0 aromatic heterocycles. The minimum Gasteiger partial charge on any atom is -0.490 e. The first-order valence-electron chi connectivity index (χ1n) is 7.92. The molecule has 0 radical (unpaired) electrons. The van der Waals surface area contributed by atoms with Crippen LogP contribution >= 0.6 is 0 Å². The summed E-state index contributed by atoms with van der Waals surface area (Å²) in [5.41, 5.74) is 1.53. The van der Waals surface area contributed by atoms with E-state index in [9.17, 15) is 14.4 Å². The molecule has 2 aromatic carbocycles. The summed E-state index contributed by atoms with van der Waals surface area (Å²) in [5.74, 6) is 0.0546. The molecule has 0 aliphatic heterocycles. The van der Waals surface area contributed by atoms with Crippen molar-refractivity contribution in [2.24, 2.45) is 0 Å². The van der Waals surface area contributed by atoms with Crippen LogP contribution in [0.15, 0.2) is 48.5 Å². The number of carbonyl (C=O) groups excluding carboxylic acids is 3. The van der Waals surface area contributed by atoms with Crippen molar-refractivity contribution in [1.29, 1.82) is 0 Å². The minimum absolute atomic E-state index is 0.00959. The molecule has 5 nitrogen and oxygen atoms in total. The SMILES string of the molecule is CC(=O)c1ccc(OCC(C)OC(=O)c2ccc(C(C)=O)cc2)cc1. The highest BCUT2D eigenvalue weighted by Crippen LogP contribution is 2.14. The normalized spacial score (nSPS) is 11.5. The molecular weight excluding hydrogens is 320 g/mol. The lowest BCUT2D eigenvalue weighted by molar-refractivity contribution is 0.0228. The summed E-state index contributed by atoms with van der Waals surface area (Å²) >= 11 is 0. The van der Waals surface area contributed by atoms with E-state index >= 15 is 0 Å². The van der Waals surface area contributed by atoms with Gasteiger partial charge in [0.1, 0.15) is 18.5 Å². The number of carbonyl (C=O) groups is 3. The zero-order chi connectivity index (χ0) is 18.4. The lowest BCUT2D eigenvalue weighted by atomic mass is 10.1. The van der Waals surface area contributed by atoms with Crippen LogP contribution in [0.5, 0.6) is 5.75 Å². The summed E-state index contributed by atoms with van der Waals surface area (Å²) in [7, 11) is 0. The number of hydrogen-bond acceptors (Lipinski definition) is 5. The Bertz CT molecular complexity index is 760. The van der Waals surface area contributed by atoms with Crippen molar-refractivity contribution in [3.05, 3.63) is 65.2 Å². The van der Waals surface area contributed by atoms with Gasteiger partial charge < -0.3 is 9.47 Å². The average molecular weight is 340 g/mol. The van der Waals surface area contributed by atoms with Crippen LogP contribution in [0.2, 0.25) is 0 Å². The molecular formula is C20H20O5. The molecule has 0 fully saturated rings. The van der Waals surface area contributed by atoms with Crippen molar-refractivity contribution in [2.45, 2.75) is 26.9 Å². The summed E-state index contributed by atoms with van der Waals surface area (Å²) in [6.07, 6.45) is -0.451. The van der Waals surface area contributed by atoms with Crippen molar-refractivity contribution in [1.82, 2.24) is 0 Å². The summed E-state index contributed by atoms with van der Waals surface area (Å²) in [5, 5.41) is 0. The number of Topliss-reactive ketones (excluding diaryl/α,β-unsaturated/α-hetero) is 2. The maximum atomic E-state index is 12.1. The van der Waals surface area contributed by atoms with E-state index < -0.39 is 12.1 Å². The predicted octanol–water partition coefficient (Wildman–Crippen LogP) is 3.72. The molecule has 0 amide bonds. The third-order valence-corrected chi connectivity index (χ3v) is 3.58. The Morgan fingerprint density at radius 2 is 1.24 bits per heavy atom. The first-order valence-corrected chi connectivity index (χ1v) is 7.92. The Kier molecular flexibility index (Phi) is 6.06.